The lowest BCUT2D eigenvalue weighted by molar-refractivity contribution is -0.158. The predicted octanol–water partition coefficient (Wildman–Crippen LogP) is 4.23. The van der Waals surface area contributed by atoms with Crippen LogP contribution in [0.4, 0.5) is 0 Å². The number of hydrogen-bond acceptors (Lipinski definition) is 4. The second-order valence-electron chi connectivity index (χ2n) is 5.68. The molecule has 118 valence electrons. The first-order chi connectivity index (χ1) is 10.3. The van der Waals surface area contributed by atoms with Crippen LogP contribution in [0.5, 0.6) is 5.75 Å². The molecule has 0 aliphatic rings. The maximum absolute atomic E-state index is 12.0. The summed E-state index contributed by atoms with van der Waals surface area (Å²) in [4.78, 5) is 16.5. The molecule has 4 nitrogen and oxygen atoms in total. The number of halogens is 1. The Bertz CT molecular complexity index is 725. The summed E-state index contributed by atoms with van der Waals surface area (Å²) in [7, 11) is 0. The summed E-state index contributed by atoms with van der Waals surface area (Å²) in [6, 6.07) is 5.45. The zero-order valence-corrected chi connectivity index (χ0v) is 14.2. The summed E-state index contributed by atoms with van der Waals surface area (Å²) < 4.78 is 11.0. The van der Waals surface area contributed by atoms with Crippen LogP contribution in [-0.4, -0.2) is 23.2 Å². The van der Waals surface area contributed by atoms with Gasteiger partial charge in [-0.3, -0.25) is 0 Å². The lowest BCUT2D eigenvalue weighted by Gasteiger charge is -2.25. The molecule has 1 heterocycles. The minimum Gasteiger partial charge on any atom is -0.474 e. The number of carbonyl (C=O) groups is 1. The van der Waals surface area contributed by atoms with E-state index in [-0.39, 0.29) is 0 Å². The largest absolute Gasteiger partial charge is 0.474 e. The van der Waals surface area contributed by atoms with Gasteiger partial charge in [-0.15, -0.1) is 0 Å². The van der Waals surface area contributed by atoms with Gasteiger partial charge in [0, 0.05) is 11.1 Å². The summed E-state index contributed by atoms with van der Waals surface area (Å²) in [6.45, 7) is 9.31. The maximum atomic E-state index is 12.0. The normalized spacial score (nSPS) is 11.5. The van der Waals surface area contributed by atoms with Crippen LogP contribution in [0.3, 0.4) is 0 Å². The first-order valence-electron chi connectivity index (χ1n) is 7.19. The molecule has 0 saturated heterocycles. The molecule has 1 aromatic heterocycles. The third kappa shape index (κ3) is 3.17. The standard InChI is InChI=1S/C17H20ClNO3/c1-6-21-16(20)17(4,5)22-13-8-7-12(18)14-10(2)9-11(3)19-15(13)14/h7-9H,6H2,1-5H3. The summed E-state index contributed by atoms with van der Waals surface area (Å²) in [5, 5.41) is 1.45. The summed E-state index contributed by atoms with van der Waals surface area (Å²) in [5.74, 6) is 0.103. The van der Waals surface area contributed by atoms with Crippen molar-refractivity contribution in [1.82, 2.24) is 4.98 Å². The lowest BCUT2D eigenvalue weighted by Crippen LogP contribution is -2.39. The van der Waals surface area contributed by atoms with Crippen molar-refractivity contribution in [3.05, 3.63) is 34.5 Å². The minimum absolute atomic E-state index is 0.309. The fraction of sp³-hybridized carbons (Fsp3) is 0.412. The number of fused-ring (bicyclic) bond motifs is 1. The molecule has 0 atom stereocenters. The second kappa shape index (κ2) is 6.13. The Morgan fingerprint density at radius 3 is 2.64 bits per heavy atom. The molecule has 0 radical (unpaired) electrons. The van der Waals surface area contributed by atoms with Gasteiger partial charge in [0.25, 0.3) is 0 Å². The zero-order valence-electron chi connectivity index (χ0n) is 13.5. The van der Waals surface area contributed by atoms with Crippen LogP contribution in [0.2, 0.25) is 5.02 Å². The SMILES string of the molecule is CCOC(=O)C(C)(C)Oc1ccc(Cl)c2c(C)cc(C)nc12. The van der Waals surface area contributed by atoms with Gasteiger partial charge in [-0.2, -0.15) is 0 Å². The highest BCUT2D eigenvalue weighted by Crippen LogP contribution is 2.34. The Balaban J connectivity index is 2.53. The van der Waals surface area contributed by atoms with Crippen LogP contribution in [-0.2, 0) is 9.53 Å². The van der Waals surface area contributed by atoms with Crippen LogP contribution < -0.4 is 4.74 Å². The van der Waals surface area contributed by atoms with Gasteiger partial charge in [0.2, 0.25) is 0 Å². The van der Waals surface area contributed by atoms with E-state index in [1.54, 1.807) is 32.9 Å². The highest BCUT2D eigenvalue weighted by molar-refractivity contribution is 6.35. The fourth-order valence-electron chi connectivity index (χ4n) is 2.33. The van der Waals surface area contributed by atoms with E-state index in [0.29, 0.717) is 22.9 Å². The van der Waals surface area contributed by atoms with Crippen molar-refractivity contribution in [1.29, 1.82) is 0 Å². The van der Waals surface area contributed by atoms with E-state index in [2.05, 4.69) is 4.98 Å². The van der Waals surface area contributed by atoms with Crippen LogP contribution in [0.1, 0.15) is 32.0 Å². The van der Waals surface area contributed by atoms with Gasteiger partial charge in [-0.25, -0.2) is 9.78 Å². The topological polar surface area (TPSA) is 48.4 Å². The lowest BCUT2D eigenvalue weighted by atomic mass is 10.1. The molecule has 22 heavy (non-hydrogen) atoms. The van der Waals surface area contributed by atoms with Crippen LogP contribution in [0.25, 0.3) is 10.9 Å². The molecule has 0 N–H and O–H groups in total. The van der Waals surface area contributed by atoms with Crippen LogP contribution in [0, 0.1) is 13.8 Å². The van der Waals surface area contributed by atoms with Crippen molar-refractivity contribution >= 4 is 28.5 Å². The number of esters is 1. The predicted molar refractivity (Wildman–Crippen MR) is 87.6 cm³/mol. The Morgan fingerprint density at radius 2 is 2.00 bits per heavy atom. The third-order valence-corrected chi connectivity index (χ3v) is 3.65. The Labute approximate surface area is 135 Å². The molecule has 1 aromatic carbocycles. The molecule has 0 aliphatic heterocycles. The Kier molecular flexibility index (Phi) is 4.61. The van der Waals surface area contributed by atoms with Gasteiger partial charge < -0.3 is 9.47 Å². The van der Waals surface area contributed by atoms with E-state index in [9.17, 15) is 4.79 Å². The van der Waals surface area contributed by atoms with E-state index in [1.807, 2.05) is 19.9 Å². The molecule has 0 spiro atoms. The first-order valence-corrected chi connectivity index (χ1v) is 7.56. The van der Waals surface area contributed by atoms with Gasteiger partial charge in [0.15, 0.2) is 5.60 Å². The summed E-state index contributed by atoms with van der Waals surface area (Å²) in [5.41, 5.74) is 1.44. The molecule has 0 amide bonds. The number of rotatable bonds is 4. The monoisotopic (exact) mass is 321 g/mol. The van der Waals surface area contributed by atoms with Crippen molar-refractivity contribution in [2.75, 3.05) is 6.61 Å². The molecular weight excluding hydrogens is 302 g/mol. The van der Waals surface area contributed by atoms with Crippen LogP contribution >= 0.6 is 11.6 Å². The number of nitrogens with zero attached hydrogens (tertiary/aromatic N) is 1. The molecule has 0 fully saturated rings. The number of aromatic nitrogens is 1. The summed E-state index contributed by atoms with van der Waals surface area (Å²) in [6.07, 6.45) is 0. The number of carbonyl (C=O) groups excluding carboxylic acids is 1. The Morgan fingerprint density at radius 1 is 1.32 bits per heavy atom. The smallest absolute Gasteiger partial charge is 0.349 e. The van der Waals surface area contributed by atoms with E-state index in [4.69, 9.17) is 21.1 Å². The number of pyridine rings is 1. The van der Waals surface area contributed by atoms with Gasteiger partial charge >= 0.3 is 5.97 Å². The highest BCUT2D eigenvalue weighted by atomic mass is 35.5. The van der Waals surface area contributed by atoms with E-state index >= 15 is 0 Å². The quantitative estimate of drug-likeness (QED) is 0.791. The van der Waals surface area contributed by atoms with Crippen molar-refractivity contribution < 1.29 is 14.3 Å². The van der Waals surface area contributed by atoms with Crippen molar-refractivity contribution in [3.8, 4) is 5.75 Å². The molecule has 0 aliphatic carbocycles. The van der Waals surface area contributed by atoms with Gasteiger partial charge in [0.05, 0.1) is 11.6 Å². The summed E-state index contributed by atoms with van der Waals surface area (Å²) >= 11 is 6.28. The van der Waals surface area contributed by atoms with Crippen molar-refractivity contribution in [3.63, 3.8) is 0 Å². The fourth-order valence-corrected chi connectivity index (χ4v) is 2.63. The molecule has 0 unspecified atom stereocenters. The minimum atomic E-state index is -1.10. The molecule has 0 bridgehead atoms. The Hall–Kier alpha value is -1.81. The number of ether oxygens (including phenoxy) is 2. The molecular formula is C17H20ClNO3. The van der Waals surface area contributed by atoms with E-state index in [1.165, 1.54) is 0 Å². The second-order valence-corrected chi connectivity index (χ2v) is 6.09. The molecule has 5 heteroatoms. The number of benzene rings is 1. The average molecular weight is 322 g/mol. The zero-order chi connectivity index (χ0) is 16.5. The van der Waals surface area contributed by atoms with Gasteiger partial charge in [-0.05, 0) is 58.4 Å². The van der Waals surface area contributed by atoms with Gasteiger partial charge in [-0.1, -0.05) is 11.6 Å². The van der Waals surface area contributed by atoms with Crippen LogP contribution in [0.15, 0.2) is 18.2 Å². The maximum Gasteiger partial charge on any atom is 0.349 e. The first kappa shape index (κ1) is 16.6. The van der Waals surface area contributed by atoms with Crippen molar-refractivity contribution in [2.45, 2.75) is 40.2 Å². The van der Waals surface area contributed by atoms with E-state index < -0.39 is 11.6 Å². The third-order valence-electron chi connectivity index (χ3n) is 3.33. The van der Waals surface area contributed by atoms with Crippen molar-refractivity contribution in [2.24, 2.45) is 0 Å². The molecule has 0 saturated carbocycles. The molecule has 2 rings (SSSR count). The number of hydrogen-bond donors (Lipinski definition) is 0. The number of aryl methyl sites for hydroxylation is 2. The van der Waals surface area contributed by atoms with Gasteiger partial charge in [0.1, 0.15) is 11.3 Å². The highest BCUT2D eigenvalue weighted by Gasteiger charge is 2.32. The average Bonchev–Trinajstić information content (AvgIpc) is 2.41. The molecule has 2 aromatic rings. The van der Waals surface area contributed by atoms with E-state index in [0.717, 1.165) is 16.6 Å².